The first-order chi connectivity index (χ1) is 61.4. The third-order valence-electron chi connectivity index (χ3n) is 19.7. The van der Waals surface area contributed by atoms with Gasteiger partial charge in [0.2, 0.25) is 20.5 Å². The molecule has 0 aliphatic heterocycles. The number of anilines is 2. The molecule has 0 saturated heterocycles. The average Bonchev–Trinajstić information content (AvgIpc) is 0.860. The quantitative estimate of drug-likeness (QED) is 0.00594. The molecule has 3 amide bonds. The number of esters is 7. The second-order valence-electron chi connectivity index (χ2n) is 31.7. The maximum absolute atomic E-state index is 12.3. The number of phenolic OH excluding ortho intramolecular Hbond substituents is 1. The zero-order valence-electron chi connectivity index (χ0n) is 78.6. The molecule has 0 aliphatic carbocycles. The predicted molar refractivity (Wildman–Crippen MR) is 520 cm³/mol. The summed E-state index contributed by atoms with van der Waals surface area (Å²) >= 11 is 0. The SMILES string of the molecule is C=C(C)C(=O)OCCOC(=O)C(C)CC.CCC(C)(C)C(=O)OC.CCC(C)(C)C(=O)OCCNC(=O)Nc1ccc(C(=O)SSC(=O)c2ccc(N)cc2)cc1.CCC(C)(C)C(=O)OCCNC(=O)Oc1ccc(C(=O)SSC(=O)c2ccc(O)cc2)cc1.CCC(C)C(=O)OCCOc1ccc(SSc2ccncc2)cc1.CCCC(CC)CCOC(=O)C(C)(C)CC. The number of urea groups is 1. The second-order valence-corrected chi connectivity index (χ2v) is 38.1. The summed E-state index contributed by atoms with van der Waals surface area (Å²) in [4.78, 5) is 159. The van der Waals surface area contributed by atoms with E-state index < -0.39 is 28.9 Å². The van der Waals surface area contributed by atoms with E-state index in [2.05, 4.69) is 46.1 Å². The van der Waals surface area contributed by atoms with Gasteiger partial charge in [0, 0.05) is 61.4 Å². The van der Waals surface area contributed by atoms with Crippen molar-refractivity contribution < 1.29 is 110 Å². The van der Waals surface area contributed by atoms with Crippen LogP contribution in [0.4, 0.5) is 21.0 Å². The summed E-state index contributed by atoms with van der Waals surface area (Å²) in [6.45, 7) is 41.3. The summed E-state index contributed by atoms with van der Waals surface area (Å²) in [6.07, 6.45) is 12.0. The first-order valence-electron chi connectivity index (χ1n) is 42.9. The van der Waals surface area contributed by atoms with Gasteiger partial charge in [-0.15, -0.1) is 0 Å². The number of nitrogen functional groups attached to an aromatic ring is 1. The van der Waals surface area contributed by atoms with Gasteiger partial charge in [-0.05, 0) is 290 Å². The molecule has 0 radical (unpaired) electrons. The number of ether oxygens (including phenoxy) is 9. The van der Waals surface area contributed by atoms with E-state index in [4.69, 9.17) is 43.6 Å². The Morgan fingerprint density at radius 1 is 0.438 bits per heavy atom. The van der Waals surface area contributed by atoms with Crippen LogP contribution in [0.3, 0.4) is 0 Å². The highest BCUT2D eigenvalue weighted by Gasteiger charge is 2.30. The molecule has 0 aliphatic rings. The van der Waals surface area contributed by atoms with Crippen molar-refractivity contribution in [1.29, 1.82) is 0 Å². The number of carbonyl (C=O) groups excluding carboxylic acids is 13. The van der Waals surface area contributed by atoms with Gasteiger partial charge in [0.05, 0.1) is 60.3 Å². The third-order valence-corrected chi connectivity index (χ3v) is 26.2. The van der Waals surface area contributed by atoms with Crippen LogP contribution in [0.1, 0.15) is 237 Å². The molecule has 5 aromatic carbocycles. The van der Waals surface area contributed by atoms with Gasteiger partial charge in [-0.25, -0.2) is 14.4 Å². The molecule has 716 valence electrons. The number of nitrogens with one attached hydrogen (secondary N) is 3. The highest BCUT2D eigenvalue weighted by molar-refractivity contribution is 8.87. The fourth-order valence-electron chi connectivity index (χ4n) is 8.95. The number of nitrogens with zero attached hydrogens (tertiary/aromatic N) is 1. The Bertz CT molecular complexity index is 4300. The lowest BCUT2D eigenvalue weighted by atomic mass is 9.90. The van der Waals surface area contributed by atoms with Gasteiger partial charge in [0.25, 0.3) is 0 Å². The van der Waals surface area contributed by atoms with Crippen LogP contribution in [0, 0.1) is 39.4 Å². The van der Waals surface area contributed by atoms with Crippen molar-refractivity contribution >= 4 is 151 Å². The molecule has 28 nitrogen and oxygen atoms in total. The minimum Gasteiger partial charge on any atom is -0.508 e. The minimum absolute atomic E-state index is 0.0303. The lowest BCUT2D eigenvalue weighted by molar-refractivity contribution is -0.155. The predicted octanol–water partition coefficient (Wildman–Crippen LogP) is 21.9. The number of methoxy groups -OCH3 is 1. The molecule has 34 heteroatoms. The number of hydrogen-bond donors (Lipinski definition) is 5. The first kappa shape index (κ1) is 118. The fourth-order valence-corrected chi connectivity index (χ4v) is 14.2. The minimum atomic E-state index is -0.718. The number of phenols is 1. The highest BCUT2D eigenvalue weighted by Crippen LogP contribution is 2.38. The molecule has 1 heterocycles. The number of benzene rings is 5. The van der Waals surface area contributed by atoms with Crippen molar-refractivity contribution in [2.75, 3.05) is 77.5 Å². The molecule has 0 saturated carbocycles. The van der Waals surface area contributed by atoms with Gasteiger partial charge in [-0.2, -0.15) is 0 Å². The number of rotatable bonds is 41. The largest absolute Gasteiger partial charge is 0.508 e. The van der Waals surface area contributed by atoms with Crippen LogP contribution in [0.2, 0.25) is 0 Å². The topological polar surface area (TPSA) is 400 Å². The first-order valence-corrected chi connectivity index (χ1v) is 49.3. The Morgan fingerprint density at radius 2 is 0.815 bits per heavy atom. The summed E-state index contributed by atoms with van der Waals surface area (Å²) < 4.78 is 45.7. The maximum Gasteiger partial charge on any atom is 0.412 e. The number of carbonyl (C=O) groups is 13. The number of aromatic hydroxyl groups is 1. The number of amides is 3. The Labute approximate surface area is 790 Å². The summed E-state index contributed by atoms with van der Waals surface area (Å²) in [6, 6.07) is 35.8. The van der Waals surface area contributed by atoms with Crippen LogP contribution in [-0.4, -0.2) is 151 Å². The van der Waals surface area contributed by atoms with E-state index in [0.717, 1.165) is 85.9 Å². The Balaban J connectivity index is 0.000000817. The van der Waals surface area contributed by atoms with Crippen LogP contribution >= 0.6 is 64.8 Å². The average molecular weight is 1920 g/mol. The van der Waals surface area contributed by atoms with Crippen molar-refractivity contribution in [2.24, 2.45) is 39.4 Å². The van der Waals surface area contributed by atoms with E-state index in [-0.39, 0.29) is 137 Å². The summed E-state index contributed by atoms with van der Waals surface area (Å²) in [5, 5.41) is 15.8. The molecular formula is C96H133N5O23S6. The summed E-state index contributed by atoms with van der Waals surface area (Å²) in [7, 11) is 8.02. The standard InChI is InChI=1S/C23H27N3O5S2.C23H25NO7S2.C18H21NO3S2.C14H28O2.C11H18O4.C7H14O2/c1-4-23(2,3)21(29)31-14-13-25-22(30)26-18-11-7-16(8-12-18)20(28)33-32-19(27)15-5-9-17(24)10-6-15;1-4-23(2,3)21(28)30-14-13-24-22(29)31-18-11-7-16(8-12-18)20(27)33-32-19(26)15-5-9-17(25)10-6-15;1-3-14(2)18(20)22-13-12-21-15-4-6-16(7-5-15)23-24-17-8-10-19-11-9-17;1-6-9-12(7-2)10-11-16-13(15)14(4,5)8-3;1-5-9(4)11(13)15-7-6-14-10(12)8(2)3;1-5-7(2,3)6(8)9-4/h5-12H,4,13-14,24H2,1-3H3,(H2,25,26,30);5-12,25H,4,13-14H2,1-3H3,(H,24,29);4-11,14H,3,12-13H2,1-2H3;12H,6-11H2,1-5H3;9H,2,5-7H2,1,3-4H3;5H2,1-4H3. The molecule has 0 spiro atoms. The van der Waals surface area contributed by atoms with Crippen molar-refractivity contribution in [3.05, 3.63) is 180 Å². The van der Waals surface area contributed by atoms with E-state index in [0.29, 0.717) is 71.2 Å². The van der Waals surface area contributed by atoms with Gasteiger partial charge in [0.1, 0.15) is 56.9 Å². The second kappa shape index (κ2) is 64.7. The zero-order chi connectivity index (χ0) is 98.0. The molecule has 130 heavy (non-hydrogen) atoms. The fraction of sp³-hybridized carbons (Fsp3) is 0.479. The van der Waals surface area contributed by atoms with Crippen LogP contribution in [0.15, 0.2) is 168 Å². The monoisotopic (exact) mass is 1920 g/mol. The van der Waals surface area contributed by atoms with E-state index in [9.17, 15) is 67.4 Å². The molecular weight excluding hydrogens is 1780 g/mol. The van der Waals surface area contributed by atoms with E-state index in [1.165, 1.54) is 79.8 Å². The van der Waals surface area contributed by atoms with Crippen LogP contribution in [-0.2, 0) is 66.7 Å². The van der Waals surface area contributed by atoms with Crippen molar-refractivity contribution in [2.45, 2.75) is 206 Å². The summed E-state index contributed by atoms with van der Waals surface area (Å²) in [5.41, 5.74) is 6.79. The van der Waals surface area contributed by atoms with Crippen LogP contribution in [0.5, 0.6) is 17.2 Å². The van der Waals surface area contributed by atoms with Crippen molar-refractivity contribution in [3.63, 3.8) is 0 Å². The Hall–Kier alpha value is -10.0. The highest BCUT2D eigenvalue weighted by atomic mass is 33.1. The molecule has 1 aromatic heterocycles. The molecule has 6 rings (SSSR count). The lowest BCUT2D eigenvalue weighted by Gasteiger charge is -2.21. The lowest BCUT2D eigenvalue weighted by Crippen LogP contribution is -2.34. The molecule has 0 bridgehead atoms. The normalized spacial score (nSPS) is 11.5. The van der Waals surface area contributed by atoms with Crippen LogP contribution < -0.4 is 31.2 Å². The van der Waals surface area contributed by atoms with Gasteiger partial charge < -0.3 is 69.4 Å². The van der Waals surface area contributed by atoms with E-state index >= 15 is 0 Å². The van der Waals surface area contributed by atoms with Gasteiger partial charge in [-0.3, -0.25) is 52.9 Å². The number of aromatic nitrogens is 1. The van der Waals surface area contributed by atoms with Gasteiger partial charge in [-0.1, -0.05) is 117 Å². The maximum atomic E-state index is 12.3. The Morgan fingerprint density at radius 3 is 1.22 bits per heavy atom. The molecule has 6 aromatic rings. The van der Waals surface area contributed by atoms with Gasteiger partial charge in [0.15, 0.2) is 0 Å². The number of pyridine rings is 1. The molecule has 0 fully saturated rings. The van der Waals surface area contributed by atoms with Gasteiger partial charge >= 0.3 is 53.9 Å². The third kappa shape index (κ3) is 49.9. The molecule has 3 unspecified atom stereocenters. The van der Waals surface area contributed by atoms with E-state index in [1.54, 1.807) is 124 Å². The molecule has 6 N–H and O–H groups in total. The van der Waals surface area contributed by atoms with Crippen molar-refractivity contribution in [1.82, 2.24) is 15.6 Å². The molecule has 3 atom stereocenters. The smallest absolute Gasteiger partial charge is 0.412 e. The Kier molecular flexibility index (Phi) is 58.8. The summed E-state index contributed by atoms with van der Waals surface area (Å²) in [5.74, 6) is -0.121. The van der Waals surface area contributed by atoms with Crippen molar-refractivity contribution in [3.8, 4) is 17.2 Å². The number of nitrogens with two attached hydrogens (primary N) is 1. The number of hydrogen-bond acceptors (Lipinski definition) is 31. The van der Waals surface area contributed by atoms with Crippen LogP contribution in [0.25, 0.3) is 0 Å². The zero-order valence-corrected chi connectivity index (χ0v) is 83.5. The van der Waals surface area contributed by atoms with E-state index in [1.807, 2.05) is 113 Å².